The summed E-state index contributed by atoms with van der Waals surface area (Å²) in [5.41, 5.74) is 9.32. The van der Waals surface area contributed by atoms with Gasteiger partial charge in [0.05, 0.1) is 17.1 Å². The van der Waals surface area contributed by atoms with Gasteiger partial charge >= 0.3 is 5.69 Å². The third-order valence-electron chi connectivity index (χ3n) is 5.33. The number of hydrogen-bond acceptors (Lipinski definition) is 4. The van der Waals surface area contributed by atoms with Gasteiger partial charge in [0, 0.05) is 30.7 Å². The summed E-state index contributed by atoms with van der Waals surface area (Å²) in [6.07, 6.45) is 0. The second kappa shape index (κ2) is 7.02. The van der Waals surface area contributed by atoms with Gasteiger partial charge in [-0.15, -0.1) is 0 Å². The molecular formula is C20H23N5O2. The van der Waals surface area contributed by atoms with Crippen LogP contribution in [0.3, 0.4) is 0 Å². The maximum atomic E-state index is 12.7. The summed E-state index contributed by atoms with van der Waals surface area (Å²) in [6, 6.07) is 15.2. The van der Waals surface area contributed by atoms with Crippen molar-refractivity contribution in [2.45, 2.75) is 24.9 Å². The normalized spacial score (nSPS) is 21.4. The number of aromatic amines is 2. The number of nitrogens with two attached hydrogens (primary N) is 1. The number of rotatable bonds is 4. The Bertz CT molecular complexity index is 1010. The lowest BCUT2D eigenvalue weighted by Gasteiger charge is -2.23. The Balaban J connectivity index is 1.44. The van der Waals surface area contributed by atoms with E-state index in [0.29, 0.717) is 23.3 Å². The van der Waals surface area contributed by atoms with Crippen LogP contribution in [0.4, 0.5) is 5.69 Å². The zero-order valence-electron chi connectivity index (χ0n) is 15.1. The van der Waals surface area contributed by atoms with E-state index in [-0.39, 0.29) is 29.6 Å². The van der Waals surface area contributed by atoms with Crippen molar-refractivity contribution in [2.75, 3.05) is 18.4 Å². The SMILES string of the molecule is CC(C(=O)Nc1ccc2[nH]c(=O)[nH]c2c1)N1C[C@@H](N)[C@H](c2ccccc2)C1. The van der Waals surface area contributed by atoms with Gasteiger partial charge in [0.1, 0.15) is 0 Å². The van der Waals surface area contributed by atoms with E-state index >= 15 is 0 Å². The van der Waals surface area contributed by atoms with Crippen LogP contribution in [0, 0.1) is 0 Å². The zero-order chi connectivity index (χ0) is 19.0. The number of H-pyrrole nitrogens is 2. The molecule has 4 rings (SSSR count). The zero-order valence-corrected chi connectivity index (χ0v) is 15.1. The first kappa shape index (κ1) is 17.5. The van der Waals surface area contributed by atoms with Crippen molar-refractivity contribution in [1.82, 2.24) is 14.9 Å². The lowest BCUT2D eigenvalue weighted by atomic mass is 9.95. The van der Waals surface area contributed by atoms with Gasteiger partial charge in [-0.3, -0.25) is 9.69 Å². The van der Waals surface area contributed by atoms with Crippen molar-refractivity contribution in [1.29, 1.82) is 0 Å². The highest BCUT2D eigenvalue weighted by Gasteiger charge is 2.35. The molecule has 0 spiro atoms. The second-order valence-electron chi connectivity index (χ2n) is 7.14. The summed E-state index contributed by atoms with van der Waals surface area (Å²) in [5, 5.41) is 2.93. The lowest BCUT2D eigenvalue weighted by Crippen LogP contribution is -2.41. The number of likely N-dealkylation sites (tertiary alicyclic amines) is 1. The summed E-state index contributed by atoms with van der Waals surface area (Å²) in [6.45, 7) is 3.33. The molecule has 3 aromatic rings. The van der Waals surface area contributed by atoms with E-state index < -0.39 is 0 Å². The molecular weight excluding hydrogens is 342 g/mol. The minimum Gasteiger partial charge on any atom is -0.326 e. The van der Waals surface area contributed by atoms with E-state index in [1.54, 1.807) is 18.2 Å². The molecule has 1 amide bonds. The van der Waals surface area contributed by atoms with E-state index in [0.717, 1.165) is 6.54 Å². The summed E-state index contributed by atoms with van der Waals surface area (Å²) in [7, 11) is 0. The molecule has 1 aromatic heterocycles. The Labute approximate surface area is 156 Å². The Morgan fingerprint density at radius 3 is 2.67 bits per heavy atom. The fourth-order valence-electron chi connectivity index (χ4n) is 3.75. The minimum absolute atomic E-state index is 0.00364. The Morgan fingerprint density at radius 2 is 1.89 bits per heavy atom. The molecule has 0 aliphatic carbocycles. The molecule has 7 heteroatoms. The van der Waals surface area contributed by atoms with E-state index in [4.69, 9.17) is 5.73 Å². The molecule has 0 radical (unpaired) electrons. The molecule has 1 unspecified atom stereocenters. The van der Waals surface area contributed by atoms with Crippen molar-refractivity contribution in [3.63, 3.8) is 0 Å². The molecule has 1 saturated heterocycles. The van der Waals surface area contributed by atoms with Crippen LogP contribution < -0.4 is 16.7 Å². The Hall–Kier alpha value is -2.90. The number of nitrogens with one attached hydrogen (secondary N) is 3. The number of aromatic nitrogens is 2. The summed E-state index contributed by atoms with van der Waals surface area (Å²) in [4.78, 5) is 31.6. The van der Waals surface area contributed by atoms with E-state index in [2.05, 4.69) is 32.3 Å². The molecule has 0 bridgehead atoms. The first-order chi connectivity index (χ1) is 13.0. The van der Waals surface area contributed by atoms with Crippen molar-refractivity contribution in [3.05, 3.63) is 64.6 Å². The number of carbonyl (C=O) groups excluding carboxylic acids is 1. The molecule has 1 aliphatic rings. The lowest BCUT2D eigenvalue weighted by molar-refractivity contribution is -0.120. The van der Waals surface area contributed by atoms with E-state index in [1.165, 1.54) is 5.56 Å². The molecule has 5 N–H and O–H groups in total. The van der Waals surface area contributed by atoms with Crippen molar-refractivity contribution in [3.8, 4) is 0 Å². The van der Waals surface area contributed by atoms with Crippen molar-refractivity contribution < 1.29 is 4.79 Å². The molecule has 1 aliphatic heterocycles. The van der Waals surface area contributed by atoms with Crippen LogP contribution in [0.25, 0.3) is 11.0 Å². The predicted molar refractivity (Wildman–Crippen MR) is 106 cm³/mol. The Morgan fingerprint density at radius 1 is 1.15 bits per heavy atom. The minimum atomic E-state index is -0.300. The van der Waals surface area contributed by atoms with E-state index in [9.17, 15) is 9.59 Å². The van der Waals surface area contributed by atoms with Gasteiger partial charge in [-0.05, 0) is 30.7 Å². The number of anilines is 1. The average molecular weight is 365 g/mol. The molecule has 1 fully saturated rings. The Kier molecular flexibility index (Phi) is 4.55. The van der Waals surface area contributed by atoms with Gasteiger partial charge in [-0.2, -0.15) is 0 Å². The monoisotopic (exact) mass is 365 g/mol. The van der Waals surface area contributed by atoms with Crippen LogP contribution in [0.1, 0.15) is 18.4 Å². The van der Waals surface area contributed by atoms with Gasteiger partial charge in [0.25, 0.3) is 0 Å². The summed E-state index contributed by atoms with van der Waals surface area (Å²) in [5.74, 6) is 0.135. The fraction of sp³-hybridized carbons (Fsp3) is 0.300. The molecule has 0 saturated carbocycles. The molecule has 2 aromatic carbocycles. The van der Waals surface area contributed by atoms with Crippen LogP contribution in [0.2, 0.25) is 0 Å². The molecule has 2 heterocycles. The fourth-order valence-corrected chi connectivity index (χ4v) is 3.75. The third kappa shape index (κ3) is 3.51. The number of hydrogen-bond donors (Lipinski definition) is 4. The molecule has 27 heavy (non-hydrogen) atoms. The quantitative estimate of drug-likeness (QED) is 0.563. The highest BCUT2D eigenvalue weighted by atomic mass is 16.2. The molecule has 3 atom stereocenters. The number of nitrogens with zero attached hydrogens (tertiary/aromatic N) is 1. The standard InChI is InChI=1S/C20H23N5O2/c1-12(25-10-15(16(21)11-25)13-5-3-2-4-6-13)19(26)22-14-7-8-17-18(9-14)24-20(27)23-17/h2-9,12,15-16H,10-11,21H2,1H3,(H,22,26)(H2,23,24,27)/t12?,15-,16+/m0/s1. The average Bonchev–Trinajstić information content (AvgIpc) is 3.23. The smallest absolute Gasteiger partial charge is 0.323 e. The van der Waals surface area contributed by atoms with Crippen LogP contribution in [-0.4, -0.2) is 45.9 Å². The van der Waals surface area contributed by atoms with Crippen LogP contribution >= 0.6 is 0 Å². The van der Waals surface area contributed by atoms with Gasteiger partial charge in [0.2, 0.25) is 5.91 Å². The largest absolute Gasteiger partial charge is 0.326 e. The first-order valence-corrected chi connectivity index (χ1v) is 9.09. The van der Waals surface area contributed by atoms with Crippen LogP contribution in [-0.2, 0) is 4.79 Å². The predicted octanol–water partition coefficient (Wildman–Crippen LogP) is 1.61. The maximum absolute atomic E-state index is 12.7. The summed E-state index contributed by atoms with van der Waals surface area (Å²) < 4.78 is 0. The number of fused-ring (bicyclic) bond motifs is 1. The van der Waals surface area contributed by atoms with Crippen molar-refractivity contribution in [2.24, 2.45) is 5.73 Å². The number of benzene rings is 2. The first-order valence-electron chi connectivity index (χ1n) is 9.09. The van der Waals surface area contributed by atoms with E-state index in [1.807, 2.05) is 25.1 Å². The topological polar surface area (TPSA) is 107 Å². The highest BCUT2D eigenvalue weighted by Crippen LogP contribution is 2.28. The number of imidazole rings is 1. The highest BCUT2D eigenvalue weighted by molar-refractivity contribution is 5.96. The third-order valence-corrected chi connectivity index (χ3v) is 5.33. The van der Waals surface area contributed by atoms with Crippen molar-refractivity contribution >= 4 is 22.6 Å². The molecule has 140 valence electrons. The number of carbonyl (C=O) groups is 1. The van der Waals surface area contributed by atoms with Gasteiger partial charge < -0.3 is 21.0 Å². The van der Waals surface area contributed by atoms with Gasteiger partial charge in [0.15, 0.2) is 0 Å². The second-order valence-corrected chi connectivity index (χ2v) is 7.14. The number of amides is 1. The summed E-state index contributed by atoms with van der Waals surface area (Å²) >= 11 is 0. The van der Waals surface area contributed by atoms with Gasteiger partial charge in [-0.1, -0.05) is 30.3 Å². The van der Waals surface area contributed by atoms with Crippen LogP contribution in [0.15, 0.2) is 53.3 Å². The van der Waals surface area contributed by atoms with Gasteiger partial charge in [-0.25, -0.2) is 4.79 Å². The molecule has 7 nitrogen and oxygen atoms in total. The van der Waals surface area contributed by atoms with Crippen LogP contribution in [0.5, 0.6) is 0 Å². The maximum Gasteiger partial charge on any atom is 0.323 e.